The molecule has 0 aromatic carbocycles. The Bertz CT molecular complexity index is 268. The summed E-state index contributed by atoms with van der Waals surface area (Å²) >= 11 is 0. The molecule has 0 aliphatic rings. The highest BCUT2D eigenvalue weighted by Crippen LogP contribution is 2.29. The van der Waals surface area contributed by atoms with Crippen molar-refractivity contribution in [2.75, 3.05) is 0 Å². The normalized spacial score (nSPS) is 15.5. The summed E-state index contributed by atoms with van der Waals surface area (Å²) in [4.78, 5) is 29.4. The van der Waals surface area contributed by atoms with Gasteiger partial charge in [-0.25, -0.2) is 0 Å². The van der Waals surface area contributed by atoms with Gasteiger partial charge in [0, 0.05) is 0 Å². The molecular formula is C7H13NO6P+. The summed E-state index contributed by atoms with van der Waals surface area (Å²) < 4.78 is 10.7. The molecule has 3 unspecified atom stereocenters. The molecule has 8 heteroatoms. The van der Waals surface area contributed by atoms with Gasteiger partial charge < -0.3 is 15.9 Å². The van der Waals surface area contributed by atoms with Crippen molar-refractivity contribution < 1.29 is 29.3 Å². The summed E-state index contributed by atoms with van der Waals surface area (Å²) in [7, 11) is -2.63. The first-order valence-corrected chi connectivity index (χ1v) is 5.48. The van der Waals surface area contributed by atoms with Crippen LogP contribution in [0, 0.1) is 0 Å². The van der Waals surface area contributed by atoms with Crippen molar-refractivity contribution in [1.82, 2.24) is 0 Å². The first-order chi connectivity index (χ1) is 6.84. The minimum absolute atomic E-state index is 0.00543. The minimum atomic E-state index is -2.63. The van der Waals surface area contributed by atoms with Crippen molar-refractivity contribution in [2.45, 2.75) is 31.0 Å². The lowest BCUT2D eigenvalue weighted by Crippen LogP contribution is -2.31. The number of hydrogen-bond donors (Lipinski definition) is 4. The van der Waals surface area contributed by atoms with E-state index in [1.807, 2.05) is 0 Å². The zero-order valence-electron chi connectivity index (χ0n) is 7.87. The Morgan fingerprint density at radius 2 is 1.80 bits per heavy atom. The maximum atomic E-state index is 10.7. The van der Waals surface area contributed by atoms with Crippen LogP contribution in [0.5, 0.6) is 0 Å². The Morgan fingerprint density at radius 3 is 2.13 bits per heavy atom. The molecule has 0 radical (unpaired) electrons. The molecule has 3 atom stereocenters. The van der Waals surface area contributed by atoms with E-state index in [1.54, 1.807) is 0 Å². The molecule has 86 valence electrons. The SMILES string of the molecule is NC(CCC(CC(=O)O)[P+](=O)O)C(=O)O. The smallest absolute Gasteiger partial charge is 0.481 e. The molecule has 0 amide bonds. The Labute approximate surface area is 86.8 Å². The van der Waals surface area contributed by atoms with Crippen LogP contribution in [0.3, 0.4) is 0 Å². The van der Waals surface area contributed by atoms with Crippen LogP contribution in [-0.4, -0.2) is 38.7 Å². The maximum Gasteiger partial charge on any atom is 0.509 e. The first-order valence-electron chi connectivity index (χ1n) is 4.20. The third kappa shape index (κ3) is 6.11. The fourth-order valence-electron chi connectivity index (χ4n) is 0.988. The fraction of sp³-hybridized carbons (Fsp3) is 0.714. The predicted molar refractivity (Wildman–Crippen MR) is 50.7 cm³/mol. The van der Waals surface area contributed by atoms with Crippen LogP contribution in [0.1, 0.15) is 19.3 Å². The van der Waals surface area contributed by atoms with E-state index in [9.17, 15) is 14.2 Å². The summed E-state index contributed by atoms with van der Waals surface area (Å²) in [5, 5.41) is 16.9. The monoisotopic (exact) mass is 238 g/mol. The zero-order chi connectivity index (χ0) is 12.0. The quantitative estimate of drug-likeness (QED) is 0.449. The van der Waals surface area contributed by atoms with Crippen molar-refractivity contribution in [3.8, 4) is 0 Å². The van der Waals surface area contributed by atoms with E-state index in [2.05, 4.69) is 0 Å². The molecule has 7 nitrogen and oxygen atoms in total. The van der Waals surface area contributed by atoms with E-state index >= 15 is 0 Å². The molecule has 0 heterocycles. The Hall–Kier alpha value is -1.04. The second-order valence-corrected chi connectivity index (χ2v) is 4.41. The van der Waals surface area contributed by atoms with Gasteiger partial charge in [-0.15, -0.1) is 0 Å². The van der Waals surface area contributed by atoms with E-state index in [4.69, 9.17) is 20.8 Å². The van der Waals surface area contributed by atoms with Gasteiger partial charge in [-0.1, -0.05) is 0 Å². The van der Waals surface area contributed by atoms with Gasteiger partial charge in [0.1, 0.15) is 6.04 Å². The number of carbonyl (C=O) groups is 2. The number of rotatable bonds is 7. The lowest BCUT2D eigenvalue weighted by atomic mass is 10.1. The van der Waals surface area contributed by atoms with E-state index in [0.717, 1.165) is 0 Å². The highest BCUT2D eigenvalue weighted by Gasteiger charge is 2.32. The minimum Gasteiger partial charge on any atom is -0.481 e. The average molecular weight is 238 g/mol. The summed E-state index contributed by atoms with van der Waals surface area (Å²) in [6.07, 6.45) is -0.474. The fourth-order valence-corrected chi connectivity index (χ4v) is 1.67. The Kier molecular flexibility index (Phi) is 6.00. The van der Waals surface area contributed by atoms with Gasteiger partial charge in [0.05, 0.1) is 6.42 Å². The number of aliphatic carboxylic acids is 2. The molecule has 0 aliphatic heterocycles. The predicted octanol–water partition coefficient (Wildman–Crippen LogP) is -0.244. The summed E-state index contributed by atoms with van der Waals surface area (Å²) in [5.41, 5.74) is 4.23. The van der Waals surface area contributed by atoms with Gasteiger partial charge in [-0.05, 0) is 17.4 Å². The average Bonchev–Trinajstić information content (AvgIpc) is 2.10. The third-order valence-corrected chi connectivity index (χ3v) is 2.92. The van der Waals surface area contributed by atoms with Crippen LogP contribution < -0.4 is 5.73 Å². The van der Waals surface area contributed by atoms with Gasteiger partial charge in [-0.2, -0.15) is 4.89 Å². The summed E-state index contributed by atoms with van der Waals surface area (Å²) in [6.45, 7) is 0. The molecule has 15 heavy (non-hydrogen) atoms. The topological polar surface area (TPSA) is 138 Å². The van der Waals surface area contributed by atoms with Gasteiger partial charge in [-0.3, -0.25) is 9.59 Å². The molecule has 0 rings (SSSR count). The molecular weight excluding hydrogens is 225 g/mol. The molecule has 0 spiro atoms. The molecule has 0 aromatic rings. The molecule has 0 aromatic heterocycles. The van der Waals surface area contributed by atoms with Crippen molar-refractivity contribution in [3.05, 3.63) is 0 Å². The largest absolute Gasteiger partial charge is 0.509 e. The lowest BCUT2D eigenvalue weighted by molar-refractivity contribution is -0.138. The van der Waals surface area contributed by atoms with Crippen molar-refractivity contribution in [3.63, 3.8) is 0 Å². The van der Waals surface area contributed by atoms with Crippen LogP contribution >= 0.6 is 8.03 Å². The van der Waals surface area contributed by atoms with Crippen molar-refractivity contribution in [1.29, 1.82) is 0 Å². The number of carboxylic acids is 2. The lowest BCUT2D eigenvalue weighted by Gasteiger charge is -2.06. The number of hydrogen-bond acceptors (Lipinski definition) is 4. The molecule has 5 N–H and O–H groups in total. The number of nitrogens with two attached hydrogens (primary N) is 1. The van der Waals surface area contributed by atoms with Crippen molar-refractivity contribution >= 4 is 20.0 Å². The first kappa shape index (κ1) is 14.0. The summed E-state index contributed by atoms with van der Waals surface area (Å²) in [5.74, 6) is -2.40. The summed E-state index contributed by atoms with van der Waals surface area (Å²) in [6, 6.07) is -1.13. The van der Waals surface area contributed by atoms with Crippen LogP contribution in [0.4, 0.5) is 0 Å². The standard InChI is InChI=1S/C7H12NO6P/c8-5(7(11)12)2-1-4(15(13)14)3-6(9)10/h4-5H,1-3,8H2,(H2-,9,10,11,12,13,14)/p+1. The Morgan fingerprint density at radius 1 is 1.27 bits per heavy atom. The number of carboxylic acid groups (broad SMARTS) is 2. The van der Waals surface area contributed by atoms with Gasteiger partial charge in [0.25, 0.3) is 0 Å². The van der Waals surface area contributed by atoms with Crippen LogP contribution in [0.2, 0.25) is 0 Å². The van der Waals surface area contributed by atoms with Crippen LogP contribution in [0.15, 0.2) is 0 Å². The highest BCUT2D eigenvalue weighted by molar-refractivity contribution is 7.38. The molecule has 0 fully saturated rings. The molecule has 0 saturated carbocycles. The zero-order valence-corrected chi connectivity index (χ0v) is 8.76. The van der Waals surface area contributed by atoms with E-state index in [-0.39, 0.29) is 12.8 Å². The Balaban J connectivity index is 4.13. The second-order valence-electron chi connectivity index (χ2n) is 3.08. The van der Waals surface area contributed by atoms with Gasteiger partial charge in [0.2, 0.25) is 0 Å². The molecule has 0 bridgehead atoms. The maximum absolute atomic E-state index is 10.7. The van der Waals surface area contributed by atoms with Gasteiger partial charge >= 0.3 is 20.0 Å². The van der Waals surface area contributed by atoms with Crippen LogP contribution in [0.25, 0.3) is 0 Å². The van der Waals surface area contributed by atoms with Crippen LogP contribution in [-0.2, 0) is 14.2 Å². The highest BCUT2D eigenvalue weighted by atomic mass is 31.1. The van der Waals surface area contributed by atoms with Gasteiger partial charge in [0.15, 0.2) is 5.66 Å². The van der Waals surface area contributed by atoms with Crippen molar-refractivity contribution in [2.24, 2.45) is 5.73 Å². The van der Waals surface area contributed by atoms with E-state index < -0.39 is 38.1 Å². The van der Waals surface area contributed by atoms with E-state index in [0.29, 0.717) is 0 Å². The third-order valence-electron chi connectivity index (χ3n) is 1.85. The van der Waals surface area contributed by atoms with E-state index in [1.165, 1.54) is 0 Å². The second kappa shape index (κ2) is 6.44. The molecule has 0 aliphatic carbocycles. The molecule has 0 saturated heterocycles.